The number of hydrogen-bond donors (Lipinski definition) is 0. The van der Waals surface area contributed by atoms with Crippen molar-refractivity contribution in [2.75, 3.05) is 18.6 Å². The molecule has 0 amide bonds. The molecule has 4 rings (SSSR count). The Morgan fingerprint density at radius 1 is 1.10 bits per heavy atom. The summed E-state index contributed by atoms with van der Waals surface area (Å²) in [6.07, 6.45) is 2.77. The van der Waals surface area contributed by atoms with Gasteiger partial charge in [-0.3, -0.25) is 4.90 Å². The van der Waals surface area contributed by atoms with Crippen LogP contribution >= 0.6 is 0 Å². The predicted octanol–water partition coefficient (Wildman–Crippen LogP) is 3.78. The van der Waals surface area contributed by atoms with Crippen LogP contribution in [0.3, 0.4) is 0 Å². The normalized spacial score (nSPS) is 18.4. The molecule has 0 radical (unpaired) electrons. The molecule has 0 bridgehead atoms. The van der Waals surface area contributed by atoms with Crippen molar-refractivity contribution < 1.29 is 8.42 Å². The van der Waals surface area contributed by atoms with Gasteiger partial charge in [0.05, 0.1) is 22.9 Å². The number of sulfone groups is 1. The highest BCUT2D eigenvalue weighted by Gasteiger charge is 2.31. The van der Waals surface area contributed by atoms with E-state index in [1.54, 1.807) is 0 Å². The third-order valence-electron chi connectivity index (χ3n) is 5.84. The molecule has 1 aromatic heterocycles. The van der Waals surface area contributed by atoms with Gasteiger partial charge in [0.25, 0.3) is 0 Å². The Morgan fingerprint density at radius 3 is 2.52 bits per heavy atom. The Kier molecular flexibility index (Phi) is 5.32. The summed E-state index contributed by atoms with van der Waals surface area (Å²) in [5, 5.41) is 4.90. The van der Waals surface area contributed by atoms with Crippen LogP contribution in [0.2, 0.25) is 0 Å². The van der Waals surface area contributed by atoms with Crippen LogP contribution in [0.1, 0.15) is 23.1 Å². The molecule has 0 N–H and O–H groups in total. The van der Waals surface area contributed by atoms with E-state index in [2.05, 4.69) is 43.1 Å². The number of para-hydroxylation sites is 1. The van der Waals surface area contributed by atoms with Gasteiger partial charge in [0.2, 0.25) is 0 Å². The van der Waals surface area contributed by atoms with Crippen LogP contribution in [0, 0.1) is 13.8 Å². The fourth-order valence-corrected chi connectivity index (χ4v) is 5.70. The predicted molar refractivity (Wildman–Crippen MR) is 117 cm³/mol. The minimum Gasteiger partial charge on any atom is -0.298 e. The average Bonchev–Trinajstić information content (AvgIpc) is 3.28. The molecular weight excluding hydrogens is 382 g/mol. The number of hydrogen-bond acceptors (Lipinski definition) is 4. The summed E-state index contributed by atoms with van der Waals surface area (Å²) in [5.74, 6) is 0.532. The molecule has 1 aliphatic heterocycles. The van der Waals surface area contributed by atoms with Crippen molar-refractivity contribution in [2.45, 2.75) is 32.9 Å². The first-order chi connectivity index (χ1) is 13.8. The molecule has 2 heterocycles. The van der Waals surface area contributed by atoms with Gasteiger partial charge in [0.1, 0.15) is 0 Å². The van der Waals surface area contributed by atoms with Gasteiger partial charge in [-0.25, -0.2) is 13.1 Å². The van der Waals surface area contributed by atoms with E-state index in [4.69, 9.17) is 5.10 Å². The highest BCUT2D eigenvalue weighted by atomic mass is 32.2. The summed E-state index contributed by atoms with van der Waals surface area (Å²) in [7, 11) is -0.896. The Labute approximate surface area is 172 Å². The van der Waals surface area contributed by atoms with Gasteiger partial charge in [-0.2, -0.15) is 5.10 Å². The molecule has 0 saturated carbocycles. The van der Waals surface area contributed by atoms with E-state index < -0.39 is 9.84 Å². The van der Waals surface area contributed by atoms with Gasteiger partial charge in [-0.05, 0) is 56.6 Å². The summed E-state index contributed by atoms with van der Waals surface area (Å²) < 4.78 is 25.7. The second-order valence-corrected chi connectivity index (χ2v) is 10.3. The van der Waals surface area contributed by atoms with Crippen LogP contribution in [0.25, 0.3) is 16.9 Å². The lowest BCUT2D eigenvalue weighted by Gasteiger charge is -2.22. The first kappa shape index (κ1) is 19.9. The van der Waals surface area contributed by atoms with Gasteiger partial charge in [0.15, 0.2) is 9.84 Å². The van der Waals surface area contributed by atoms with E-state index in [1.165, 1.54) is 11.1 Å². The smallest absolute Gasteiger partial charge is 0.151 e. The molecule has 0 aliphatic carbocycles. The van der Waals surface area contributed by atoms with E-state index >= 15 is 0 Å². The summed E-state index contributed by atoms with van der Waals surface area (Å²) in [6.45, 7) is 4.88. The van der Waals surface area contributed by atoms with Crippen LogP contribution in [0.15, 0.2) is 54.7 Å². The third-order valence-corrected chi connectivity index (χ3v) is 7.59. The minimum atomic E-state index is -2.91. The summed E-state index contributed by atoms with van der Waals surface area (Å²) >= 11 is 0. The first-order valence-corrected chi connectivity index (χ1v) is 11.8. The van der Waals surface area contributed by atoms with Crippen molar-refractivity contribution in [3.63, 3.8) is 0 Å². The molecule has 1 atom stereocenters. The van der Waals surface area contributed by atoms with E-state index in [-0.39, 0.29) is 17.5 Å². The summed E-state index contributed by atoms with van der Waals surface area (Å²) in [5.41, 5.74) is 6.64. The number of benzene rings is 2. The van der Waals surface area contributed by atoms with Crippen LogP contribution in [0.5, 0.6) is 0 Å². The maximum atomic E-state index is 11.9. The number of nitrogens with zero attached hydrogens (tertiary/aromatic N) is 3. The topological polar surface area (TPSA) is 55.2 Å². The van der Waals surface area contributed by atoms with Crippen LogP contribution in [-0.4, -0.2) is 47.7 Å². The lowest BCUT2D eigenvalue weighted by Crippen LogP contribution is -2.32. The zero-order valence-electron chi connectivity index (χ0n) is 17.2. The van der Waals surface area contributed by atoms with Crippen LogP contribution in [-0.2, 0) is 16.4 Å². The Morgan fingerprint density at radius 2 is 1.86 bits per heavy atom. The van der Waals surface area contributed by atoms with Gasteiger partial charge in [-0.15, -0.1) is 0 Å². The molecule has 2 aromatic carbocycles. The quantitative estimate of drug-likeness (QED) is 0.644. The lowest BCUT2D eigenvalue weighted by atomic mass is 10.0. The third kappa shape index (κ3) is 4.28. The molecule has 1 fully saturated rings. The van der Waals surface area contributed by atoms with Gasteiger partial charge in [-0.1, -0.05) is 30.3 Å². The molecule has 1 saturated heterocycles. The molecule has 29 heavy (non-hydrogen) atoms. The van der Waals surface area contributed by atoms with Crippen molar-refractivity contribution in [2.24, 2.45) is 0 Å². The zero-order valence-corrected chi connectivity index (χ0v) is 18.0. The van der Waals surface area contributed by atoms with Crippen molar-refractivity contribution in [1.29, 1.82) is 0 Å². The highest BCUT2D eigenvalue weighted by Crippen LogP contribution is 2.28. The Hall–Kier alpha value is -2.44. The first-order valence-electron chi connectivity index (χ1n) is 9.95. The van der Waals surface area contributed by atoms with Crippen molar-refractivity contribution in [3.8, 4) is 16.9 Å². The molecule has 3 aromatic rings. The van der Waals surface area contributed by atoms with Gasteiger partial charge >= 0.3 is 0 Å². The van der Waals surface area contributed by atoms with Crippen molar-refractivity contribution in [1.82, 2.24) is 14.7 Å². The van der Waals surface area contributed by atoms with Gasteiger partial charge < -0.3 is 0 Å². The van der Waals surface area contributed by atoms with Crippen LogP contribution in [0.4, 0.5) is 0 Å². The molecule has 5 nitrogen and oxygen atoms in total. The Balaban J connectivity index is 1.71. The summed E-state index contributed by atoms with van der Waals surface area (Å²) in [6, 6.07) is 16.6. The second-order valence-electron chi connectivity index (χ2n) is 8.05. The molecule has 1 unspecified atom stereocenters. The Bertz CT molecular complexity index is 1120. The molecule has 6 heteroatoms. The second kappa shape index (κ2) is 7.76. The highest BCUT2D eigenvalue weighted by molar-refractivity contribution is 7.91. The van der Waals surface area contributed by atoms with E-state index in [9.17, 15) is 8.42 Å². The molecule has 152 valence electrons. The largest absolute Gasteiger partial charge is 0.298 e. The molecular formula is C23H27N3O2S. The number of rotatable bonds is 5. The monoisotopic (exact) mass is 409 g/mol. The minimum absolute atomic E-state index is 0.0627. The van der Waals surface area contributed by atoms with E-state index in [0.717, 1.165) is 22.5 Å². The van der Waals surface area contributed by atoms with Gasteiger partial charge in [0, 0.05) is 29.9 Å². The van der Waals surface area contributed by atoms with Crippen molar-refractivity contribution in [3.05, 3.63) is 71.4 Å². The van der Waals surface area contributed by atoms with Crippen molar-refractivity contribution >= 4 is 9.84 Å². The van der Waals surface area contributed by atoms with Crippen LogP contribution < -0.4 is 0 Å². The van der Waals surface area contributed by atoms with E-state index in [0.29, 0.717) is 13.0 Å². The standard InChI is InChI=1S/C23H27N3O2S/c1-17-9-10-19(13-18(17)2)23-20(14-25(3)22-11-12-29(27,28)16-22)15-26(24-23)21-7-5-4-6-8-21/h4-10,13,15,22H,11-12,14,16H2,1-3H3. The average molecular weight is 410 g/mol. The maximum absolute atomic E-state index is 11.9. The lowest BCUT2D eigenvalue weighted by molar-refractivity contribution is 0.254. The SMILES string of the molecule is Cc1ccc(-c2nn(-c3ccccc3)cc2CN(C)C2CCS(=O)(=O)C2)cc1C. The molecule has 1 aliphatic rings. The fourth-order valence-electron chi connectivity index (χ4n) is 3.89. The number of aromatic nitrogens is 2. The summed E-state index contributed by atoms with van der Waals surface area (Å²) in [4.78, 5) is 2.15. The number of aryl methyl sites for hydroxylation is 2. The van der Waals surface area contributed by atoms with E-state index in [1.807, 2.05) is 42.1 Å². The maximum Gasteiger partial charge on any atom is 0.151 e. The zero-order chi connectivity index (χ0) is 20.6. The fraction of sp³-hybridized carbons (Fsp3) is 0.348. The molecule has 0 spiro atoms.